The van der Waals surface area contributed by atoms with Crippen LogP contribution in [0.15, 0.2) is 52.1 Å². The quantitative estimate of drug-likeness (QED) is 0.332. The molecule has 7 nitrogen and oxygen atoms in total. The van der Waals surface area contributed by atoms with E-state index in [-0.39, 0.29) is 0 Å². The molecule has 0 saturated heterocycles. The number of hydrogen-bond donors (Lipinski definition) is 1. The van der Waals surface area contributed by atoms with Gasteiger partial charge in [0.2, 0.25) is 5.16 Å². The standard InChI is InChI=1S/C20H24BrN5O2S/c1-26-20(23-24-25-26)29-10-6-9-22-13-16-11-17(21)12-18(27-2)19(16)28-14-15-7-4-3-5-8-15/h3-5,7-8,11-12,22H,6,9-10,13-14H2,1-2H3. The summed E-state index contributed by atoms with van der Waals surface area (Å²) in [6, 6.07) is 14.1. The Bertz CT molecular complexity index is 907. The van der Waals surface area contributed by atoms with Crippen LogP contribution in [0.5, 0.6) is 11.5 Å². The number of tetrazole rings is 1. The van der Waals surface area contributed by atoms with Gasteiger partial charge in [-0.2, -0.15) is 0 Å². The third-order valence-electron chi connectivity index (χ3n) is 4.17. The van der Waals surface area contributed by atoms with Crippen molar-refractivity contribution >= 4 is 27.7 Å². The van der Waals surface area contributed by atoms with Crippen molar-refractivity contribution in [1.29, 1.82) is 0 Å². The molecule has 1 N–H and O–H groups in total. The van der Waals surface area contributed by atoms with Crippen LogP contribution in [0.2, 0.25) is 0 Å². The number of thioether (sulfide) groups is 1. The first-order chi connectivity index (χ1) is 14.2. The maximum atomic E-state index is 6.13. The SMILES string of the molecule is COc1cc(Br)cc(CNCCCSc2nnnn2C)c1OCc1ccccc1. The zero-order valence-electron chi connectivity index (χ0n) is 16.5. The molecule has 1 heterocycles. The van der Waals surface area contributed by atoms with Crippen molar-refractivity contribution in [2.75, 3.05) is 19.4 Å². The summed E-state index contributed by atoms with van der Waals surface area (Å²) in [5, 5.41) is 15.8. The minimum Gasteiger partial charge on any atom is -0.493 e. The number of nitrogens with zero attached hydrogens (tertiary/aromatic N) is 4. The van der Waals surface area contributed by atoms with Crippen LogP contribution in [-0.4, -0.2) is 39.6 Å². The van der Waals surface area contributed by atoms with E-state index in [9.17, 15) is 0 Å². The topological polar surface area (TPSA) is 74.1 Å². The Morgan fingerprint density at radius 2 is 2.03 bits per heavy atom. The first kappa shape index (κ1) is 21.6. The number of aromatic nitrogens is 4. The van der Waals surface area contributed by atoms with Crippen LogP contribution in [0, 0.1) is 0 Å². The molecule has 3 aromatic rings. The lowest BCUT2D eigenvalue weighted by Crippen LogP contribution is -2.16. The Labute approximate surface area is 183 Å². The highest BCUT2D eigenvalue weighted by Gasteiger charge is 2.13. The van der Waals surface area contributed by atoms with Gasteiger partial charge in [-0.3, -0.25) is 0 Å². The van der Waals surface area contributed by atoms with Crippen LogP contribution in [0.4, 0.5) is 0 Å². The van der Waals surface area contributed by atoms with Gasteiger partial charge in [0.1, 0.15) is 6.61 Å². The Balaban J connectivity index is 1.54. The molecule has 9 heteroatoms. The third-order valence-corrected chi connectivity index (χ3v) is 5.72. The Morgan fingerprint density at radius 1 is 1.21 bits per heavy atom. The fourth-order valence-electron chi connectivity index (χ4n) is 2.73. The van der Waals surface area contributed by atoms with Crippen molar-refractivity contribution in [3.8, 4) is 11.5 Å². The molecule has 0 bridgehead atoms. The molecule has 0 spiro atoms. The first-order valence-corrected chi connectivity index (χ1v) is 11.0. The van der Waals surface area contributed by atoms with Gasteiger partial charge in [-0.15, -0.1) is 5.10 Å². The van der Waals surface area contributed by atoms with E-state index in [0.29, 0.717) is 13.2 Å². The summed E-state index contributed by atoms with van der Waals surface area (Å²) in [4.78, 5) is 0. The highest BCUT2D eigenvalue weighted by atomic mass is 79.9. The number of methoxy groups -OCH3 is 1. The first-order valence-electron chi connectivity index (χ1n) is 9.26. The third kappa shape index (κ3) is 6.45. The molecule has 0 saturated carbocycles. The summed E-state index contributed by atoms with van der Waals surface area (Å²) in [6.45, 7) is 2.07. The van der Waals surface area contributed by atoms with Crippen LogP contribution in [0.25, 0.3) is 0 Å². The Hall–Kier alpha value is -2.10. The fraction of sp³-hybridized carbons (Fsp3) is 0.350. The summed E-state index contributed by atoms with van der Waals surface area (Å²) >= 11 is 5.21. The molecule has 2 aromatic carbocycles. The summed E-state index contributed by atoms with van der Waals surface area (Å²) in [6.07, 6.45) is 1.00. The second-order valence-electron chi connectivity index (χ2n) is 6.33. The average Bonchev–Trinajstić information content (AvgIpc) is 3.14. The van der Waals surface area contributed by atoms with Crippen molar-refractivity contribution in [3.63, 3.8) is 0 Å². The van der Waals surface area contributed by atoms with Crippen LogP contribution in [-0.2, 0) is 20.2 Å². The van der Waals surface area contributed by atoms with Crippen molar-refractivity contribution in [3.05, 3.63) is 58.1 Å². The zero-order valence-corrected chi connectivity index (χ0v) is 18.9. The van der Waals surface area contributed by atoms with Crippen molar-refractivity contribution < 1.29 is 9.47 Å². The van der Waals surface area contributed by atoms with E-state index in [2.05, 4.69) is 42.8 Å². The lowest BCUT2D eigenvalue weighted by molar-refractivity contribution is 0.280. The van der Waals surface area contributed by atoms with Crippen LogP contribution in [0.3, 0.4) is 0 Å². The monoisotopic (exact) mass is 477 g/mol. The summed E-state index contributed by atoms with van der Waals surface area (Å²) in [5.41, 5.74) is 2.17. The molecule has 0 unspecified atom stereocenters. The van der Waals surface area contributed by atoms with Gasteiger partial charge < -0.3 is 14.8 Å². The molecular formula is C20H24BrN5O2S. The van der Waals surface area contributed by atoms with E-state index in [1.807, 2.05) is 43.4 Å². The number of halogens is 1. The molecule has 0 amide bonds. The van der Waals surface area contributed by atoms with Gasteiger partial charge in [0.05, 0.1) is 7.11 Å². The molecule has 0 aliphatic rings. The lowest BCUT2D eigenvalue weighted by atomic mass is 10.1. The fourth-order valence-corrected chi connectivity index (χ4v) is 4.00. The Morgan fingerprint density at radius 3 is 2.76 bits per heavy atom. The molecule has 154 valence electrons. The second kappa shape index (κ2) is 11.2. The van der Waals surface area contributed by atoms with Crippen LogP contribution in [0.1, 0.15) is 17.5 Å². The van der Waals surface area contributed by atoms with Crippen molar-refractivity contribution in [2.24, 2.45) is 7.05 Å². The van der Waals surface area contributed by atoms with Crippen molar-refractivity contribution in [1.82, 2.24) is 25.5 Å². The molecule has 0 aliphatic heterocycles. The number of rotatable bonds is 11. The number of ether oxygens (including phenoxy) is 2. The molecule has 1 aromatic heterocycles. The van der Waals surface area contributed by atoms with Crippen LogP contribution >= 0.6 is 27.7 Å². The predicted molar refractivity (Wildman–Crippen MR) is 117 cm³/mol. The van der Waals surface area contributed by atoms with E-state index in [4.69, 9.17) is 9.47 Å². The van der Waals surface area contributed by atoms with Crippen molar-refractivity contribution in [2.45, 2.75) is 24.7 Å². The maximum absolute atomic E-state index is 6.13. The van der Waals surface area contributed by atoms with Gasteiger partial charge in [0, 0.05) is 29.4 Å². The van der Waals surface area contributed by atoms with E-state index in [0.717, 1.165) is 51.0 Å². The summed E-state index contributed by atoms with van der Waals surface area (Å²) in [7, 11) is 3.51. The van der Waals surface area contributed by atoms with Gasteiger partial charge >= 0.3 is 0 Å². The van der Waals surface area contributed by atoms with E-state index < -0.39 is 0 Å². The highest BCUT2D eigenvalue weighted by molar-refractivity contribution is 9.10. The molecule has 0 aliphatic carbocycles. The number of benzene rings is 2. The molecular weight excluding hydrogens is 454 g/mol. The lowest BCUT2D eigenvalue weighted by Gasteiger charge is -2.16. The smallest absolute Gasteiger partial charge is 0.209 e. The van der Waals surface area contributed by atoms with Gasteiger partial charge in [-0.05, 0) is 41.1 Å². The second-order valence-corrected chi connectivity index (χ2v) is 8.31. The summed E-state index contributed by atoms with van der Waals surface area (Å²) in [5.74, 6) is 2.43. The molecule has 0 atom stereocenters. The van der Waals surface area contributed by atoms with Gasteiger partial charge in [-0.25, -0.2) is 4.68 Å². The molecule has 29 heavy (non-hydrogen) atoms. The maximum Gasteiger partial charge on any atom is 0.209 e. The van der Waals surface area contributed by atoms with E-state index in [1.54, 1.807) is 23.6 Å². The minimum absolute atomic E-state index is 0.494. The number of nitrogens with one attached hydrogen (secondary N) is 1. The zero-order chi connectivity index (χ0) is 20.5. The predicted octanol–water partition coefficient (Wildman–Crippen LogP) is 3.83. The Kier molecular flexibility index (Phi) is 8.33. The number of aryl methyl sites for hydroxylation is 1. The largest absolute Gasteiger partial charge is 0.493 e. The highest BCUT2D eigenvalue weighted by Crippen LogP contribution is 2.35. The molecule has 3 rings (SSSR count). The normalized spacial score (nSPS) is 10.9. The van der Waals surface area contributed by atoms with E-state index >= 15 is 0 Å². The molecule has 0 fully saturated rings. The van der Waals surface area contributed by atoms with E-state index in [1.165, 1.54) is 0 Å². The molecule has 0 radical (unpaired) electrons. The summed E-state index contributed by atoms with van der Waals surface area (Å²) < 4.78 is 14.3. The minimum atomic E-state index is 0.494. The van der Waals surface area contributed by atoms with Gasteiger partial charge in [0.15, 0.2) is 11.5 Å². The number of hydrogen-bond acceptors (Lipinski definition) is 7. The average molecular weight is 478 g/mol. The van der Waals surface area contributed by atoms with Crippen LogP contribution < -0.4 is 14.8 Å². The van der Waals surface area contributed by atoms with Gasteiger partial charge in [-0.1, -0.05) is 58.0 Å². The van der Waals surface area contributed by atoms with Gasteiger partial charge in [0.25, 0.3) is 0 Å².